The smallest absolute Gasteiger partial charge is 0.408 e. The number of carbonyl (C=O) groups is 6. The zero-order chi connectivity index (χ0) is 29.5. The lowest BCUT2D eigenvalue weighted by atomic mass is 9.91. The number of esters is 2. The lowest BCUT2D eigenvalue weighted by Gasteiger charge is -2.28. The van der Waals surface area contributed by atoms with Crippen molar-refractivity contribution in [3.05, 3.63) is 48.0 Å². The molecule has 1 fully saturated rings. The Morgan fingerprint density at radius 3 is 2.45 bits per heavy atom. The first-order chi connectivity index (χ1) is 19.2. The Labute approximate surface area is 233 Å². The number of carbonyl (C=O) groups excluding carboxylic acids is 6. The number of methoxy groups -OCH3 is 2. The Morgan fingerprint density at radius 2 is 1.80 bits per heavy atom. The minimum atomic E-state index is -1.05. The predicted octanol–water partition coefficient (Wildman–Crippen LogP) is 1.80. The molecule has 12 nitrogen and oxygen atoms in total. The molecule has 40 heavy (non-hydrogen) atoms. The number of Topliss-reactive ketones (excluding diaryl/α,β-unsaturated/α-hetero) is 1. The average molecular weight is 560 g/mol. The molecule has 1 aliphatic heterocycles. The highest BCUT2D eigenvalue weighted by Crippen LogP contribution is 2.25. The first-order valence-electron chi connectivity index (χ1n) is 13.1. The molecule has 0 saturated carbocycles. The Kier molecular flexibility index (Phi) is 13.3. The van der Waals surface area contributed by atoms with Crippen LogP contribution in [0.1, 0.15) is 50.5 Å². The van der Waals surface area contributed by atoms with Crippen LogP contribution >= 0.6 is 0 Å². The van der Waals surface area contributed by atoms with Crippen molar-refractivity contribution in [2.75, 3.05) is 20.8 Å². The molecule has 0 bridgehead atoms. The lowest BCUT2D eigenvalue weighted by molar-refractivity contribution is -0.153. The van der Waals surface area contributed by atoms with E-state index >= 15 is 0 Å². The maximum Gasteiger partial charge on any atom is 0.408 e. The second kappa shape index (κ2) is 16.7. The molecule has 3 amide bonds. The number of hydrogen-bond donors (Lipinski definition) is 2. The number of ether oxygens (including phenoxy) is 3. The molecule has 0 aliphatic carbocycles. The van der Waals surface area contributed by atoms with Crippen LogP contribution in [0, 0.1) is 5.92 Å². The quantitative estimate of drug-likeness (QED) is 0.185. The van der Waals surface area contributed by atoms with Crippen LogP contribution < -0.4 is 11.1 Å². The number of ketones is 1. The van der Waals surface area contributed by atoms with E-state index in [0.29, 0.717) is 19.4 Å². The third-order valence-electron chi connectivity index (χ3n) is 6.52. The summed E-state index contributed by atoms with van der Waals surface area (Å²) in [5.74, 6) is -3.63. The molecule has 12 heteroatoms. The number of likely N-dealkylation sites (tertiary alicyclic amines) is 1. The molecule has 1 aliphatic rings. The van der Waals surface area contributed by atoms with Gasteiger partial charge in [-0.15, -0.1) is 0 Å². The van der Waals surface area contributed by atoms with Crippen molar-refractivity contribution >= 4 is 35.6 Å². The maximum absolute atomic E-state index is 13.4. The van der Waals surface area contributed by atoms with Gasteiger partial charge in [-0.3, -0.25) is 14.4 Å². The summed E-state index contributed by atoms with van der Waals surface area (Å²) >= 11 is 0. The number of allylic oxidation sites excluding steroid dienone is 1. The number of nitrogens with two attached hydrogens (primary N) is 1. The summed E-state index contributed by atoms with van der Waals surface area (Å²) in [4.78, 5) is 75.8. The molecule has 1 heterocycles. The molecule has 0 unspecified atom stereocenters. The molecule has 1 aromatic carbocycles. The highest BCUT2D eigenvalue weighted by molar-refractivity contribution is 5.93. The number of amides is 3. The van der Waals surface area contributed by atoms with Gasteiger partial charge in [-0.25, -0.2) is 14.4 Å². The number of alkyl carbamates (subject to hydrolysis) is 1. The van der Waals surface area contributed by atoms with Gasteiger partial charge in [-0.1, -0.05) is 36.4 Å². The van der Waals surface area contributed by atoms with E-state index < -0.39 is 53.6 Å². The van der Waals surface area contributed by atoms with E-state index in [4.69, 9.17) is 15.2 Å². The Morgan fingerprint density at radius 1 is 1.07 bits per heavy atom. The normalized spacial score (nSPS) is 16.1. The van der Waals surface area contributed by atoms with Crippen LogP contribution in [-0.4, -0.2) is 73.4 Å². The fourth-order valence-electron chi connectivity index (χ4n) is 4.39. The van der Waals surface area contributed by atoms with Gasteiger partial charge in [0.25, 0.3) is 0 Å². The van der Waals surface area contributed by atoms with Gasteiger partial charge in [0.2, 0.25) is 11.8 Å². The molecule has 3 atom stereocenters. The van der Waals surface area contributed by atoms with Crippen molar-refractivity contribution in [3.63, 3.8) is 0 Å². The van der Waals surface area contributed by atoms with Crippen molar-refractivity contribution in [1.29, 1.82) is 0 Å². The summed E-state index contributed by atoms with van der Waals surface area (Å²) < 4.78 is 14.6. The Hall–Kier alpha value is -4.22. The molecule has 2 rings (SSSR count). The van der Waals surface area contributed by atoms with Crippen molar-refractivity contribution < 1.29 is 43.0 Å². The number of benzene rings is 1. The zero-order valence-electron chi connectivity index (χ0n) is 22.8. The van der Waals surface area contributed by atoms with Gasteiger partial charge in [0.05, 0.1) is 20.3 Å². The fourth-order valence-corrected chi connectivity index (χ4v) is 4.39. The van der Waals surface area contributed by atoms with E-state index in [1.54, 1.807) is 24.3 Å². The predicted molar refractivity (Wildman–Crippen MR) is 142 cm³/mol. The van der Waals surface area contributed by atoms with Crippen LogP contribution in [0.25, 0.3) is 0 Å². The van der Waals surface area contributed by atoms with Gasteiger partial charge in [-0.2, -0.15) is 0 Å². The van der Waals surface area contributed by atoms with Crippen molar-refractivity contribution in [3.8, 4) is 0 Å². The largest absolute Gasteiger partial charge is 0.467 e. The minimum Gasteiger partial charge on any atom is -0.467 e. The van der Waals surface area contributed by atoms with E-state index in [1.165, 1.54) is 31.3 Å². The van der Waals surface area contributed by atoms with E-state index in [-0.39, 0.29) is 38.7 Å². The number of rotatable bonds is 15. The highest BCUT2D eigenvalue weighted by atomic mass is 16.5. The van der Waals surface area contributed by atoms with Gasteiger partial charge in [-0.05, 0) is 37.7 Å². The summed E-state index contributed by atoms with van der Waals surface area (Å²) in [5, 5.41) is 2.55. The van der Waals surface area contributed by atoms with Crippen LogP contribution in [0.5, 0.6) is 0 Å². The second-order valence-corrected chi connectivity index (χ2v) is 9.35. The van der Waals surface area contributed by atoms with Crippen molar-refractivity contribution in [2.24, 2.45) is 11.7 Å². The van der Waals surface area contributed by atoms with Crippen LogP contribution in [0.15, 0.2) is 42.5 Å². The SMILES string of the molecule is COC(=O)/C=C/CC[C@H](NC(=O)OCc1ccccc1)C(=O)C[C@@H](CCC(N)=O)C(=O)N1CCC[C@H]1C(=O)OC. The van der Waals surface area contributed by atoms with Gasteiger partial charge < -0.3 is 30.2 Å². The first-order valence-corrected chi connectivity index (χ1v) is 13.1. The molecule has 3 N–H and O–H groups in total. The summed E-state index contributed by atoms with van der Waals surface area (Å²) in [6.45, 7) is 0.297. The van der Waals surface area contributed by atoms with Crippen LogP contribution in [0.3, 0.4) is 0 Å². The average Bonchev–Trinajstić information content (AvgIpc) is 3.45. The molecule has 0 radical (unpaired) electrons. The number of primary amides is 1. The number of hydrogen-bond acceptors (Lipinski definition) is 9. The van der Waals surface area contributed by atoms with Gasteiger partial charge in [0.15, 0.2) is 5.78 Å². The van der Waals surface area contributed by atoms with Crippen LogP contribution in [-0.2, 0) is 44.8 Å². The Bertz CT molecular complexity index is 1070. The molecular formula is C28H37N3O9. The van der Waals surface area contributed by atoms with Crippen molar-refractivity contribution in [2.45, 2.75) is 63.6 Å². The lowest BCUT2D eigenvalue weighted by Crippen LogP contribution is -2.46. The van der Waals surface area contributed by atoms with Gasteiger partial charge in [0.1, 0.15) is 12.6 Å². The molecule has 0 spiro atoms. The van der Waals surface area contributed by atoms with Crippen LogP contribution in [0.2, 0.25) is 0 Å². The zero-order valence-corrected chi connectivity index (χ0v) is 22.8. The third-order valence-corrected chi connectivity index (χ3v) is 6.52. The monoisotopic (exact) mass is 559 g/mol. The van der Waals surface area contributed by atoms with Crippen molar-refractivity contribution in [1.82, 2.24) is 10.2 Å². The van der Waals surface area contributed by atoms with E-state index in [1.807, 2.05) is 6.07 Å². The molecular weight excluding hydrogens is 522 g/mol. The van der Waals surface area contributed by atoms with E-state index in [2.05, 4.69) is 10.1 Å². The molecule has 0 aromatic heterocycles. The maximum atomic E-state index is 13.4. The van der Waals surface area contributed by atoms with E-state index in [9.17, 15) is 28.8 Å². The Balaban J connectivity index is 2.16. The fraction of sp³-hybridized carbons (Fsp3) is 0.500. The van der Waals surface area contributed by atoms with E-state index in [0.717, 1.165) is 5.56 Å². The summed E-state index contributed by atoms with van der Waals surface area (Å²) in [7, 11) is 2.47. The van der Waals surface area contributed by atoms with Crippen LogP contribution in [0.4, 0.5) is 4.79 Å². The molecule has 1 saturated heterocycles. The molecule has 1 aromatic rings. The summed E-state index contributed by atoms with van der Waals surface area (Å²) in [5.41, 5.74) is 6.06. The highest BCUT2D eigenvalue weighted by Gasteiger charge is 2.39. The number of nitrogens with one attached hydrogen (secondary N) is 1. The number of nitrogens with zero attached hydrogens (tertiary/aromatic N) is 1. The first kappa shape index (κ1) is 32.0. The summed E-state index contributed by atoms with van der Waals surface area (Å²) in [6, 6.07) is 7.16. The van der Waals surface area contributed by atoms with Gasteiger partial charge in [0, 0.05) is 31.4 Å². The minimum absolute atomic E-state index is 0.00227. The molecule has 218 valence electrons. The summed E-state index contributed by atoms with van der Waals surface area (Å²) in [6.07, 6.45) is 2.80. The topological polar surface area (TPSA) is 171 Å². The second-order valence-electron chi connectivity index (χ2n) is 9.35. The standard InChI is InChI=1S/C28H37N3O9/c1-38-25(34)13-7-6-11-21(30-28(37)40-18-19-9-4-3-5-10-19)23(32)17-20(14-15-24(29)33)26(35)31-16-8-12-22(31)27(36)39-2/h3-5,7,9-10,13,20-22H,6,8,11-12,14-18H2,1-2H3,(H2,29,33)(H,30,37)/b13-7+/t20-,21+,22+/m1/s1. The van der Waals surface area contributed by atoms with Gasteiger partial charge >= 0.3 is 18.0 Å². The third kappa shape index (κ3) is 10.5.